The number of benzene rings is 1. The van der Waals surface area contributed by atoms with Gasteiger partial charge in [0.25, 0.3) is 5.69 Å². The molecule has 7 heteroatoms. The number of aromatic nitrogens is 1. The molecule has 0 aliphatic rings. The zero-order chi connectivity index (χ0) is 14.7. The molecule has 0 bridgehead atoms. The van der Waals surface area contributed by atoms with Crippen LogP contribution in [0.15, 0.2) is 30.3 Å². The summed E-state index contributed by atoms with van der Waals surface area (Å²) < 4.78 is 5.42. The standard InChI is InChI=1S/C13H8ClN3O3/c1-8-4-9(7-15)5-13(16-8)20-12-6-10(17(18)19)2-3-11(12)14/h2-6H,1H3. The van der Waals surface area contributed by atoms with E-state index < -0.39 is 4.92 Å². The first-order valence-electron chi connectivity index (χ1n) is 5.50. The second kappa shape index (κ2) is 5.55. The smallest absolute Gasteiger partial charge is 0.273 e. The third-order valence-electron chi connectivity index (χ3n) is 2.40. The largest absolute Gasteiger partial charge is 0.437 e. The van der Waals surface area contributed by atoms with Crippen molar-refractivity contribution in [3.05, 3.63) is 56.7 Å². The Hall–Kier alpha value is -2.65. The molecule has 1 aromatic carbocycles. The Bertz CT molecular complexity index is 725. The Morgan fingerprint density at radius 3 is 2.80 bits per heavy atom. The normalized spacial score (nSPS) is 9.85. The highest BCUT2D eigenvalue weighted by molar-refractivity contribution is 6.32. The molecular formula is C13H8ClN3O3. The van der Waals surface area contributed by atoms with Crippen LogP contribution in [0.3, 0.4) is 0 Å². The molecule has 2 rings (SSSR count). The molecule has 0 aliphatic carbocycles. The zero-order valence-corrected chi connectivity index (χ0v) is 11.1. The maximum atomic E-state index is 10.7. The van der Waals surface area contributed by atoms with Gasteiger partial charge >= 0.3 is 0 Å². The summed E-state index contributed by atoms with van der Waals surface area (Å²) in [6.07, 6.45) is 0. The van der Waals surface area contributed by atoms with Gasteiger partial charge in [-0.1, -0.05) is 11.6 Å². The molecular weight excluding hydrogens is 282 g/mol. The number of nitro benzene ring substituents is 1. The number of hydrogen-bond acceptors (Lipinski definition) is 5. The van der Waals surface area contributed by atoms with E-state index in [-0.39, 0.29) is 22.3 Å². The predicted molar refractivity (Wildman–Crippen MR) is 71.9 cm³/mol. The number of nitriles is 1. The van der Waals surface area contributed by atoms with E-state index >= 15 is 0 Å². The average molecular weight is 290 g/mol. The molecule has 6 nitrogen and oxygen atoms in total. The fourth-order valence-corrected chi connectivity index (χ4v) is 1.71. The molecule has 100 valence electrons. The summed E-state index contributed by atoms with van der Waals surface area (Å²) in [5.41, 5.74) is 0.840. The van der Waals surface area contributed by atoms with Crippen LogP contribution < -0.4 is 4.74 Å². The number of hydrogen-bond donors (Lipinski definition) is 0. The van der Waals surface area contributed by atoms with E-state index in [2.05, 4.69) is 4.98 Å². The Labute approximate surface area is 119 Å². The van der Waals surface area contributed by atoms with Crippen molar-refractivity contribution < 1.29 is 9.66 Å². The van der Waals surface area contributed by atoms with Crippen molar-refractivity contribution in [1.82, 2.24) is 4.98 Å². The van der Waals surface area contributed by atoms with Crippen LogP contribution in [0.25, 0.3) is 0 Å². The minimum absolute atomic E-state index is 0.114. The van der Waals surface area contributed by atoms with Gasteiger partial charge in [0.1, 0.15) is 0 Å². The summed E-state index contributed by atoms with van der Waals surface area (Å²) in [4.78, 5) is 14.3. The Morgan fingerprint density at radius 2 is 2.15 bits per heavy atom. The van der Waals surface area contributed by atoms with Crippen molar-refractivity contribution in [2.24, 2.45) is 0 Å². The fraction of sp³-hybridized carbons (Fsp3) is 0.0769. The van der Waals surface area contributed by atoms with Gasteiger partial charge in [0, 0.05) is 17.8 Å². The van der Waals surface area contributed by atoms with Crippen LogP contribution in [0.2, 0.25) is 5.02 Å². The van der Waals surface area contributed by atoms with Crippen molar-refractivity contribution in [3.8, 4) is 17.7 Å². The highest BCUT2D eigenvalue weighted by Gasteiger charge is 2.12. The number of pyridine rings is 1. The number of aryl methyl sites for hydroxylation is 1. The molecule has 0 saturated carbocycles. The number of ether oxygens (including phenoxy) is 1. The quantitative estimate of drug-likeness (QED) is 0.636. The van der Waals surface area contributed by atoms with Gasteiger partial charge in [-0.05, 0) is 19.1 Å². The molecule has 2 aromatic rings. The highest BCUT2D eigenvalue weighted by Crippen LogP contribution is 2.32. The summed E-state index contributed by atoms with van der Waals surface area (Å²) in [5.74, 6) is 0.270. The van der Waals surface area contributed by atoms with Gasteiger partial charge in [-0.25, -0.2) is 4.98 Å². The van der Waals surface area contributed by atoms with Gasteiger partial charge in [0.15, 0.2) is 5.75 Å². The fourth-order valence-electron chi connectivity index (χ4n) is 1.55. The van der Waals surface area contributed by atoms with E-state index in [4.69, 9.17) is 21.6 Å². The maximum Gasteiger partial charge on any atom is 0.273 e. The third-order valence-corrected chi connectivity index (χ3v) is 2.71. The summed E-state index contributed by atoms with van der Waals surface area (Å²) in [7, 11) is 0. The van der Waals surface area contributed by atoms with Crippen LogP contribution in [-0.2, 0) is 0 Å². The minimum atomic E-state index is -0.548. The minimum Gasteiger partial charge on any atom is -0.437 e. The predicted octanol–water partition coefficient (Wildman–Crippen LogP) is 3.62. The first kappa shape index (κ1) is 13.8. The first-order valence-corrected chi connectivity index (χ1v) is 5.88. The van der Waals surface area contributed by atoms with Gasteiger partial charge in [-0.15, -0.1) is 0 Å². The van der Waals surface area contributed by atoms with E-state index in [9.17, 15) is 10.1 Å². The first-order chi connectivity index (χ1) is 9.49. The molecule has 1 aromatic heterocycles. The number of halogens is 1. The highest BCUT2D eigenvalue weighted by atomic mass is 35.5. The molecule has 0 fully saturated rings. The van der Waals surface area contributed by atoms with Crippen LogP contribution in [0.5, 0.6) is 11.6 Å². The second-order valence-electron chi connectivity index (χ2n) is 3.92. The van der Waals surface area contributed by atoms with Crippen LogP contribution in [0, 0.1) is 28.4 Å². The van der Waals surface area contributed by atoms with E-state index in [1.807, 2.05) is 6.07 Å². The Kier molecular flexibility index (Phi) is 3.82. The molecule has 0 radical (unpaired) electrons. The summed E-state index contributed by atoms with van der Waals surface area (Å²) in [6.45, 7) is 1.71. The van der Waals surface area contributed by atoms with E-state index in [0.29, 0.717) is 11.3 Å². The van der Waals surface area contributed by atoms with Crippen LogP contribution >= 0.6 is 11.6 Å². The monoisotopic (exact) mass is 289 g/mol. The van der Waals surface area contributed by atoms with E-state index in [0.717, 1.165) is 0 Å². The lowest BCUT2D eigenvalue weighted by molar-refractivity contribution is -0.384. The second-order valence-corrected chi connectivity index (χ2v) is 4.33. The maximum absolute atomic E-state index is 10.7. The van der Waals surface area contributed by atoms with Crippen LogP contribution in [0.4, 0.5) is 5.69 Å². The molecule has 0 N–H and O–H groups in total. The number of nitro groups is 1. The van der Waals surface area contributed by atoms with Crippen molar-refractivity contribution in [2.75, 3.05) is 0 Å². The van der Waals surface area contributed by atoms with Crippen molar-refractivity contribution in [3.63, 3.8) is 0 Å². The lowest BCUT2D eigenvalue weighted by Crippen LogP contribution is -1.94. The molecule has 0 saturated heterocycles. The number of nitrogens with zero attached hydrogens (tertiary/aromatic N) is 3. The van der Waals surface area contributed by atoms with Gasteiger partial charge in [-0.3, -0.25) is 10.1 Å². The van der Waals surface area contributed by atoms with Crippen LogP contribution in [-0.4, -0.2) is 9.91 Å². The van der Waals surface area contributed by atoms with Crippen molar-refractivity contribution >= 4 is 17.3 Å². The third kappa shape index (κ3) is 3.02. The van der Waals surface area contributed by atoms with E-state index in [1.54, 1.807) is 13.0 Å². The average Bonchev–Trinajstić information content (AvgIpc) is 2.40. The zero-order valence-electron chi connectivity index (χ0n) is 10.3. The summed E-state index contributed by atoms with van der Waals surface area (Å²) in [5, 5.41) is 19.8. The molecule has 0 atom stereocenters. The topological polar surface area (TPSA) is 89.0 Å². The number of non-ortho nitro benzene ring substituents is 1. The molecule has 0 unspecified atom stereocenters. The number of rotatable bonds is 3. The van der Waals surface area contributed by atoms with Gasteiger partial charge < -0.3 is 4.74 Å². The SMILES string of the molecule is Cc1cc(C#N)cc(Oc2cc([N+](=O)[O-])ccc2Cl)n1. The van der Waals surface area contributed by atoms with Gasteiger partial charge in [-0.2, -0.15) is 5.26 Å². The molecule has 1 heterocycles. The Morgan fingerprint density at radius 1 is 1.40 bits per heavy atom. The molecule has 20 heavy (non-hydrogen) atoms. The summed E-state index contributed by atoms with van der Waals surface area (Å²) in [6, 6.07) is 8.86. The molecule has 0 aliphatic heterocycles. The van der Waals surface area contributed by atoms with Crippen molar-refractivity contribution in [1.29, 1.82) is 5.26 Å². The Balaban J connectivity index is 2.39. The molecule has 0 spiro atoms. The van der Waals surface area contributed by atoms with Gasteiger partial charge in [0.05, 0.1) is 27.6 Å². The lowest BCUT2D eigenvalue weighted by Gasteiger charge is -2.07. The van der Waals surface area contributed by atoms with Gasteiger partial charge in [0.2, 0.25) is 5.88 Å². The summed E-state index contributed by atoms with van der Waals surface area (Å²) >= 11 is 5.92. The van der Waals surface area contributed by atoms with Crippen molar-refractivity contribution in [2.45, 2.75) is 6.92 Å². The molecule has 0 amide bonds. The van der Waals surface area contributed by atoms with E-state index in [1.165, 1.54) is 24.3 Å². The lowest BCUT2D eigenvalue weighted by atomic mass is 10.2. The van der Waals surface area contributed by atoms with Crippen LogP contribution in [0.1, 0.15) is 11.3 Å².